The number of rotatable bonds is 5. The molecule has 2 N–H and O–H groups in total. The van der Waals surface area contributed by atoms with E-state index < -0.39 is 0 Å². The van der Waals surface area contributed by atoms with Crippen LogP contribution < -0.4 is 10.6 Å². The van der Waals surface area contributed by atoms with Crippen LogP contribution in [0.4, 0.5) is 0 Å². The van der Waals surface area contributed by atoms with Crippen molar-refractivity contribution < 1.29 is 0 Å². The molecule has 2 nitrogen and oxygen atoms in total. The molecule has 0 aromatic heterocycles. The van der Waals surface area contributed by atoms with Gasteiger partial charge < -0.3 is 5.32 Å². The lowest BCUT2D eigenvalue weighted by molar-refractivity contribution is 0.436. The second kappa shape index (κ2) is 18.2. The van der Waals surface area contributed by atoms with Crippen LogP contribution in [-0.2, 0) is 0 Å². The van der Waals surface area contributed by atoms with Gasteiger partial charge in [0.25, 0.3) is 0 Å². The number of hydrogen-bond acceptors (Lipinski definition) is 2. The Bertz CT molecular complexity index is 523. The second-order valence-corrected chi connectivity index (χ2v) is 5.60. The Morgan fingerprint density at radius 2 is 1.27 bits per heavy atom. The van der Waals surface area contributed by atoms with E-state index in [1.54, 1.807) is 0 Å². The van der Waals surface area contributed by atoms with Crippen LogP contribution in [0.3, 0.4) is 0 Å². The molecule has 0 aliphatic rings. The fraction of sp³-hybridized carbons (Fsp3) is 0.500. The number of benzene rings is 2. The molecule has 26 heavy (non-hydrogen) atoms. The third kappa shape index (κ3) is 11.1. The van der Waals surface area contributed by atoms with E-state index in [9.17, 15) is 0 Å². The van der Waals surface area contributed by atoms with Gasteiger partial charge in [0.1, 0.15) is 0 Å². The highest BCUT2D eigenvalue weighted by molar-refractivity contribution is 5.64. The van der Waals surface area contributed by atoms with Crippen molar-refractivity contribution in [3.05, 3.63) is 60.2 Å². The minimum atomic E-state index is 0.301. The molecule has 2 heteroatoms. The zero-order chi connectivity index (χ0) is 20.4. The molecule has 2 atom stereocenters. The van der Waals surface area contributed by atoms with Gasteiger partial charge in [0.15, 0.2) is 0 Å². The number of hydrogen-bond donors (Lipinski definition) is 2. The van der Waals surface area contributed by atoms with Gasteiger partial charge in [0, 0.05) is 6.04 Å². The third-order valence-electron chi connectivity index (χ3n) is 3.43. The van der Waals surface area contributed by atoms with Crippen molar-refractivity contribution in [2.75, 3.05) is 7.05 Å². The average Bonchev–Trinajstić information content (AvgIpc) is 2.72. The largest absolute Gasteiger partial charge is 0.305 e. The molecule has 0 saturated heterocycles. The predicted molar refractivity (Wildman–Crippen MR) is 121 cm³/mol. The zero-order valence-corrected chi connectivity index (χ0v) is 18.6. The predicted octanol–water partition coefficient (Wildman–Crippen LogP) is 7.04. The lowest BCUT2D eigenvalue weighted by Gasteiger charge is -2.20. The first-order chi connectivity index (χ1) is 12.6. The highest BCUT2D eigenvalue weighted by Crippen LogP contribution is 2.23. The van der Waals surface area contributed by atoms with Crippen molar-refractivity contribution in [1.82, 2.24) is 10.6 Å². The van der Waals surface area contributed by atoms with Gasteiger partial charge in [-0.05, 0) is 43.7 Å². The van der Waals surface area contributed by atoms with Crippen LogP contribution >= 0.6 is 0 Å². The van der Waals surface area contributed by atoms with Gasteiger partial charge in [0.2, 0.25) is 0 Å². The first-order valence-corrected chi connectivity index (χ1v) is 10.2. The summed E-state index contributed by atoms with van der Waals surface area (Å²) in [6, 6.07) is 19.5. The Kier molecular flexibility index (Phi) is 18.6. The van der Waals surface area contributed by atoms with E-state index in [1.807, 2.05) is 40.8 Å². The minimum Gasteiger partial charge on any atom is -0.305 e. The molecule has 0 fully saturated rings. The van der Waals surface area contributed by atoms with Crippen LogP contribution in [0.25, 0.3) is 11.1 Å². The molecule has 0 saturated carbocycles. The van der Waals surface area contributed by atoms with Crippen LogP contribution in [0, 0.1) is 0 Å². The lowest BCUT2D eigenvalue weighted by atomic mass is 10.00. The molecular formula is C24H42N2. The molecule has 0 spiro atoms. The smallest absolute Gasteiger partial charge is 0.0544 e. The summed E-state index contributed by atoms with van der Waals surface area (Å²) in [5.41, 5.74) is 3.84. The highest BCUT2D eigenvalue weighted by Gasteiger charge is 2.08. The first kappa shape index (κ1) is 26.6. The minimum absolute atomic E-state index is 0.301. The molecule has 2 aromatic rings. The van der Waals surface area contributed by atoms with Gasteiger partial charge in [-0.1, -0.05) is 96.5 Å². The maximum atomic E-state index is 3.51. The lowest BCUT2D eigenvalue weighted by Crippen LogP contribution is -2.38. The molecular weight excluding hydrogens is 316 g/mol. The molecule has 148 valence electrons. The van der Waals surface area contributed by atoms with E-state index in [4.69, 9.17) is 0 Å². The van der Waals surface area contributed by atoms with Crippen LogP contribution in [0.2, 0.25) is 0 Å². The van der Waals surface area contributed by atoms with E-state index in [2.05, 4.69) is 86.9 Å². The van der Waals surface area contributed by atoms with Gasteiger partial charge >= 0.3 is 0 Å². The van der Waals surface area contributed by atoms with E-state index in [0.717, 1.165) is 0 Å². The maximum Gasteiger partial charge on any atom is 0.0544 e. The summed E-state index contributed by atoms with van der Waals surface area (Å²) < 4.78 is 0. The standard InChI is InChI=1S/C17H22N2.C3H8.2C2H6/c1-13(19-14(2)18-3)16-10-7-11-17(12-16)15-8-5-4-6-9-15;1-3-2;2*1-2/h4-14,18-19H,1-3H3;3H2,1-2H3;2*1-2H3. The summed E-state index contributed by atoms with van der Waals surface area (Å²) >= 11 is 0. The molecule has 0 aliphatic heterocycles. The molecule has 2 unspecified atom stereocenters. The third-order valence-corrected chi connectivity index (χ3v) is 3.43. The van der Waals surface area contributed by atoms with Gasteiger partial charge in [-0.15, -0.1) is 0 Å². The van der Waals surface area contributed by atoms with Crippen molar-refractivity contribution in [2.45, 2.75) is 74.0 Å². The van der Waals surface area contributed by atoms with Crippen molar-refractivity contribution >= 4 is 0 Å². The van der Waals surface area contributed by atoms with E-state index in [-0.39, 0.29) is 0 Å². The fourth-order valence-electron chi connectivity index (χ4n) is 2.17. The van der Waals surface area contributed by atoms with Gasteiger partial charge in [-0.25, -0.2) is 0 Å². The van der Waals surface area contributed by atoms with Crippen LogP contribution in [0.15, 0.2) is 54.6 Å². The molecule has 0 radical (unpaired) electrons. The van der Waals surface area contributed by atoms with E-state index in [1.165, 1.54) is 23.1 Å². The summed E-state index contributed by atoms with van der Waals surface area (Å²) in [4.78, 5) is 0. The average molecular weight is 359 g/mol. The van der Waals surface area contributed by atoms with Crippen molar-refractivity contribution in [2.24, 2.45) is 0 Å². The Hall–Kier alpha value is -1.64. The van der Waals surface area contributed by atoms with Crippen LogP contribution in [0.5, 0.6) is 0 Å². The molecule has 0 aliphatic carbocycles. The molecule has 0 heterocycles. The Morgan fingerprint density at radius 3 is 1.77 bits per heavy atom. The summed E-state index contributed by atoms with van der Waals surface area (Å²) in [7, 11) is 1.96. The Labute approximate surface area is 163 Å². The van der Waals surface area contributed by atoms with Crippen molar-refractivity contribution in [1.29, 1.82) is 0 Å². The topological polar surface area (TPSA) is 24.1 Å². The molecule has 2 aromatic carbocycles. The Morgan fingerprint density at radius 1 is 0.769 bits per heavy atom. The van der Waals surface area contributed by atoms with Crippen molar-refractivity contribution in [3.8, 4) is 11.1 Å². The quantitative estimate of drug-likeness (QED) is 0.560. The van der Waals surface area contributed by atoms with Crippen LogP contribution in [-0.4, -0.2) is 13.2 Å². The monoisotopic (exact) mass is 358 g/mol. The SMILES string of the molecule is CC.CC.CCC.CNC(C)NC(C)c1cccc(-c2ccccc2)c1. The molecule has 0 amide bonds. The zero-order valence-electron chi connectivity index (χ0n) is 18.6. The summed E-state index contributed by atoms with van der Waals surface area (Å²) in [5, 5.41) is 6.71. The first-order valence-electron chi connectivity index (χ1n) is 10.2. The van der Waals surface area contributed by atoms with Crippen LogP contribution in [0.1, 0.15) is 73.4 Å². The normalized spacial score (nSPS) is 11.4. The van der Waals surface area contributed by atoms with Gasteiger partial charge in [0.05, 0.1) is 6.17 Å². The second-order valence-electron chi connectivity index (χ2n) is 5.60. The van der Waals surface area contributed by atoms with E-state index in [0.29, 0.717) is 12.2 Å². The summed E-state index contributed by atoms with van der Waals surface area (Å²) in [5.74, 6) is 0. The Balaban J connectivity index is 0. The van der Waals surface area contributed by atoms with Gasteiger partial charge in [-0.3, -0.25) is 5.32 Å². The maximum absolute atomic E-state index is 3.51. The fourth-order valence-corrected chi connectivity index (χ4v) is 2.17. The number of nitrogens with one attached hydrogen (secondary N) is 2. The molecule has 2 rings (SSSR count). The molecule has 0 bridgehead atoms. The summed E-state index contributed by atoms with van der Waals surface area (Å²) in [6.45, 7) is 16.6. The van der Waals surface area contributed by atoms with Crippen molar-refractivity contribution in [3.63, 3.8) is 0 Å². The van der Waals surface area contributed by atoms with E-state index >= 15 is 0 Å². The summed E-state index contributed by atoms with van der Waals surface area (Å²) in [6.07, 6.45) is 1.55. The van der Waals surface area contributed by atoms with Gasteiger partial charge in [-0.2, -0.15) is 0 Å². The highest BCUT2D eigenvalue weighted by atomic mass is 15.1.